The van der Waals surface area contributed by atoms with Gasteiger partial charge in [0.2, 0.25) is 5.88 Å². The molecular formula is C21H21N7O2. The van der Waals surface area contributed by atoms with Crippen LogP contribution in [0.2, 0.25) is 0 Å². The minimum Gasteiger partial charge on any atom is -0.471 e. The van der Waals surface area contributed by atoms with Crippen LogP contribution in [-0.4, -0.2) is 65.4 Å². The van der Waals surface area contributed by atoms with Crippen LogP contribution >= 0.6 is 0 Å². The summed E-state index contributed by atoms with van der Waals surface area (Å²) in [6.07, 6.45) is 5.63. The van der Waals surface area contributed by atoms with Gasteiger partial charge < -0.3 is 19.3 Å². The molecule has 2 aliphatic rings. The van der Waals surface area contributed by atoms with Crippen molar-refractivity contribution in [3.63, 3.8) is 0 Å². The highest BCUT2D eigenvalue weighted by molar-refractivity contribution is 5.86. The number of aromatic nitrogens is 4. The highest BCUT2D eigenvalue weighted by Crippen LogP contribution is 2.29. The Morgan fingerprint density at radius 3 is 2.67 bits per heavy atom. The predicted molar refractivity (Wildman–Crippen MR) is 111 cm³/mol. The molecule has 1 atom stereocenters. The van der Waals surface area contributed by atoms with Gasteiger partial charge in [0.05, 0.1) is 24.1 Å². The molecule has 2 aliphatic heterocycles. The Morgan fingerprint density at radius 2 is 1.87 bits per heavy atom. The number of anilines is 2. The smallest absolute Gasteiger partial charge is 0.224 e. The highest BCUT2D eigenvalue weighted by Gasteiger charge is 2.23. The van der Waals surface area contributed by atoms with E-state index < -0.39 is 0 Å². The Bertz CT molecular complexity index is 1090. The first-order valence-corrected chi connectivity index (χ1v) is 10.0. The summed E-state index contributed by atoms with van der Waals surface area (Å²) in [5.41, 5.74) is 2.33. The minimum atomic E-state index is 0.0385. The van der Waals surface area contributed by atoms with Crippen LogP contribution in [0.4, 0.5) is 11.5 Å². The normalized spacial score (nSPS) is 19.1. The van der Waals surface area contributed by atoms with Crippen LogP contribution < -0.4 is 14.5 Å². The SMILES string of the molecule is N#Cc1nccnc1N1CCN(c2ccc3ncnc(OC4CCOC4)c3c2)CC1. The fourth-order valence-corrected chi connectivity index (χ4v) is 3.89. The maximum absolute atomic E-state index is 9.29. The molecule has 4 heterocycles. The molecule has 1 aromatic carbocycles. The van der Waals surface area contributed by atoms with Gasteiger partial charge in [0.1, 0.15) is 18.5 Å². The van der Waals surface area contributed by atoms with E-state index in [1.807, 2.05) is 6.07 Å². The molecule has 152 valence electrons. The summed E-state index contributed by atoms with van der Waals surface area (Å²) >= 11 is 0. The molecule has 0 saturated carbocycles. The van der Waals surface area contributed by atoms with Crippen molar-refractivity contribution in [2.24, 2.45) is 0 Å². The lowest BCUT2D eigenvalue weighted by molar-refractivity contribution is 0.139. The molecule has 30 heavy (non-hydrogen) atoms. The number of ether oxygens (including phenoxy) is 2. The largest absolute Gasteiger partial charge is 0.471 e. The number of hydrogen-bond donors (Lipinski definition) is 0. The second kappa shape index (κ2) is 8.08. The van der Waals surface area contributed by atoms with Crippen molar-refractivity contribution in [1.29, 1.82) is 5.26 Å². The molecule has 0 radical (unpaired) electrons. The molecule has 0 bridgehead atoms. The Hall–Kier alpha value is -3.51. The molecule has 0 spiro atoms. The van der Waals surface area contributed by atoms with E-state index in [0.29, 0.717) is 24.0 Å². The number of nitriles is 1. The molecule has 0 amide bonds. The van der Waals surface area contributed by atoms with Crippen LogP contribution in [-0.2, 0) is 4.74 Å². The monoisotopic (exact) mass is 403 g/mol. The van der Waals surface area contributed by atoms with Crippen molar-refractivity contribution in [3.05, 3.63) is 42.6 Å². The van der Waals surface area contributed by atoms with E-state index in [0.717, 1.165) is 55.8 Å². The molecule has 0 N–H and O–H groups in total. The first-order chi connectivity index (χ1) is 14.8. The molecule has 2 fully saturated rings. The zero-order chi connectivity index (χ0) is 20.3. The van der Waals surface area contributed by atoms with Crippen LogP contribution in [0, 0.1) is 11.3 Å². The van der Waals surface area contributed by atoms with Crippen LogP contribution in [0.25, 0.3) is 10.9 Å². The Kier molecular flexibility index (Phi) is 4.99. The van der Waals surface area contributed by atoms with Gasteiger partial charge in [-0.15, -0.1) is 0 Å². The summed E-state index contributed by atoms with van der Waals surface area (Å²) in [5, 5.41) is 10.2. The van der Waals surface area contributed by atoms with Gasteiger partial charge in [-0.1, -0.05) is 0 Å². The summed E-state index contributed by atoms with van der Waals surface area (Å²) in [7, 11) is 0. The second-order valence-corrected chi connectivity index (χ2v) is 7.30. The van der Waals surface area contributed by atoms with Crippen molar-refractivity contribution in [1.82, 2.24) is 19.9 Å². The number of fused-ring (bicyclic) bond motifs is 1. The van der Waals surface area contributed by atoms with Crippen LogP contribution in [0.5, 0.6) is 5.88 Å². The average Bonchev–Trinajstić information content (AvgIpc) is 3.32. The second-order valence-electron chi connectivity index (χ2n) is 7.30. The van der Waals surface area contributed by atoms with Crippen molar-refractivity contribution >= 4 is 22.4 Å². The zero-order valence-electron chi connectivity index (χ0n) is 16.4. The van der Waals surface area contributed by atoms with Gasteiger partial charge in [0.25, 0.3) is 0 Å². The maximum atomic E-state index is 9.29. The average molecular weight is 403 g/mol. The summed E-state index contributed by atoms with van der Waals surface area (Å²) in [6.45, 7) is 4.47. The number of piperazine rings is 1. The van der Waals surface area contributed by atoms with Crippen molar-refractivity contribution in [3.8, 4) is 11.9 Å². The third-order valence-electron chi connectivity index (χ3n) is 5.48. The lowest BCUT2D eigenvalue weighted by atomic mass is 10.1. The number of hydrogen-bond acceptors (Lipinski definition) is 9. The van der Waals surface area contributed by atoms with Gasteiger partial charge in [-0.05, 0) is 18.2 Å². The zero-order valence-corrected chi connectivity index (χ0v) is 16.4. The van der Waals surface area contributed by atoms with Crippen molar-refractivity contribution in [2.45, 2.75) is 12.5 Å². The molecule has 5 rings (SSSR count). The Labute approximate surface area is 173 Å². The van der Waals surface area contributed by atoms with E-state index >= 15 is 0 Å². The lowest BCUT2D eigenvalue weighted by Gasteiger charge is -2.36. The van der Waals surface area contributed by atoms with E-state index in [2.05, 4.69) is 47.9 Å². The van der Waals surface area contributed by atoms with Crippen LogP contribution in [0.1, 0.15) is 12.1 Å². The van der Waals surface area contributed by atoms with Gasteiger partial charge in [-0.3, -0.25) is 0 Å². The standard InChI is InChI=1S/C21H21N7O2/c22-12-19-20(24-5-4-23-19)28-8-6-27(7-9-28)15-1-2-18-17(11-15)21(26-14-25-18)30-16-3-10-29-13-16/h1-2,4-5,11,14,16H,3,6-10,13H2. The number of benzene rings is 1. The Balaban J connectivity index is 1.35. The quantitative estimate of drug-likeness (QED) is 0.645. The van der Waals surface area contributed by atoms with Crippen LogP contribution in [0.3, 0.4) is 0 Å². The predicted octanol–water partition coefficient (Wildman–Crippen LogP) is 1.79. The third kappa shape index (κ3) is 3.57. The molecule has 0 aliphatic carbocycles. The van der Waals surface area contributed by atoms with E-state index in [-0.39, 0.29) is 6.10 Å². The fourth-order valence-electron chi connectivity index (χ4n) is 3.89. The molecule has 2 aromatic heterocycles. The van der Waals surface area contributed by atoms with Gasteiger partial charge in [-0.2, -0.15) is 5.26 Å². The first-order valence-electron chi connectivity index (χ1n) is 10.0. The van der Waals surface area contributed by atoms with Gasteiger partial charge >= 0.3 is 0 Å². The molecule has 1 unspecified atom stereocenters. The molecule has 9 heteroatoms. The minimum absolute atomic E-state index is 0.0385. The van der Waals surface area contributed by atoms with Gasteiger partial charge in [0.15, 0.2) is 11.5 Å². The van der Waals surface area contributed by atoms with E-state index in [9.17, 15) is 5.26 Å². The summed E-state index contributed by atoms with van der Waals surface area (Å²) in [4.78, 5) is 21.6. The van der Waals surface area contributed by atoms with E-state index in [1.54, 1.807) is 18.7 Å². The highest BCUT2D eigenvalue weighted by atomic mass is 16.5. The third-order valence-corrected chi connectivity index (χ3v) is 5.48. The molecule has 9 nitrogen and oxygen atoms in total. The summed E-state index contributed by atoms with van der Waals surface area (Å²) < 4.78 is 11.5. The van der Waals surface area contributed by atoms with Gasteiger partial charge in [-0.25, -0.2) is 19.9 Å². The van der Waals surface area contributed by atoms with Crippen molar-refractivity contribution < 1.29 is 9.47 Å². The Morgan fingerprint density at radius 1 is 1.03 bits per heavy atom. The van der Waals surface area contributed by atoms with Gasteiger partial charge in [0, 0.05) is 50.7 Å². The summed E-state index contributed by atoms with van der Waals surface area (Å²) in [5.74, 6) is 1.26. The lowest BCUT2D eigenvalue weighted by Crippen LogP contribution is -2.47. The van der Waals surface area contributed by atoms with Crippen molar-refractivity contribution in [2.75, 3.05) is 49.2 Å². The maximum Gasteiger partial charge on any atom is 0.224 e. The first kappa shape index (κ1) is 18.5. The molecular weight excluding hydrogens is 382 g/mol. The van der Waals surface area contributed by atoms with E-state index in [4.69, 9.17) is 9.47 Å². The summed E-state index contributed by atoms with van der Waals surface area (Å²) in [6, 6.07) is 8.31. The molecule has 3 aromatic rings. The van der Waals surface area contributed by atoms with E-state index in [1.165, 1.54) is 0 Å². The number of rotatable bonds is 4. The van der Waals surface area contributed by atoms with Crippen LogP contribution in [0.15, 0.2) is 36.9 Å². The fraction of sp³-hybridized carbons (Fsp3) is 0.381. The number of nitrogens with zero attached hydrogens (tertiary/aromatic N) is 7. The topological polar surface area (TPSA) is 100 Å². The molecule has 2 saturated heterocycles.